The number of anilines is 2. The second-order valence-electron chi connectivity index (χ2n) is 9.11. The predicted molar refractivity (Wildman–Crippen MR) is 147 cm³/mol. The van der Waals surface area contributed by atoms with Gasteiger partial charge in [0.2, 0.25) is 5.79 Å². The summed E-state index contributed by atoms with van der Waals surface area (Å²) in [6.07, 6.45) is 4.64. The SMILES string of the molecule is Clc1ccc(C2(Cn3cncn3)OCC(COc3ccc(N4CCN(c5nccs5)CC4)cc3)O2)c(Cl)c1. The maximum Gasteiger partial charge on any atom is 0.217 e. The van der Waals surface area contributed by atoms with E-state index < -0.39 is 5.79 Å². The topological polar surface area (TPSA) is 77.8 Å². The van der Waals surface area contributed by atoms with Crippen molar-refractivity contribution in [1.82, 2.24) is 19.7 Å². The van der Waals surface area contributed by atoms with E-state index in [1.807, 2.05) is 29.8 Å². The van der Waals surface area contributed by atoms with Gasteiger partial charge in [-0.25, -0.2) is 14.6 Å². The first-order valence-electron chi connectivity index (χ1n) is 12.3. The van der Waals surface area contributed by atoms with Crippen LogP contribution in [0.3, 0.4) is 0 Å². The third-order valence-corrected chi connectivity index (χ3v) is 8.02. The lowest BCUT2D eigenvalue weighted by Gasteiger charge is -2.36. The molecule has 0 radical (unpaired) electrons. The molecule has 2 fully saturated rings. The van der Waals surface area contributed by atoms with Crippen LogP contribution in [-0.2, 0) is 21.8 Å². The fraction of sp³-hybridized carbons (Fsp3) is 0.346. The minimum atomic E-state index is -1.13. The Kier molecular flexibility index (Phi) is 7.40. The Balaban J connectivity index is 1.07. The van der Waals surface area contributed by atoms with Crippen LogP contribution < -0.4 is 14.5 Å². The molecule has 2 saturated heterocycles. The summed E-state index contributed by atoms with van der Waals surface area (Å²) in [7, 11) is 0. The highest BCUT2D eigenvalue weighted by atomic mass is 35.5. The minimum absolute atomic E-state index is 0.287. The fourth-order valence-electron chi connectivity index (χ4n) is 4.75. The molecule has 198 valence electrons. The molecule has 4 aromatic rings. The van der Waals surface area contributed by atoms with Crippen LogP contribution in [0.5, 0.6) is 5.75 Å². The lowest BCUT2D eigenvalue weighted by atomic mass is 10.1. The molecule has 2 aromatic carbocycles. The number of hydrogen-bond donors (Lipinski definition) is 0. The summed E-state index contributed by atoms with van der Waals surface area (Å²) in [6.45, 7) is 4.78. The van der Waals surface area contributed by atoms with E-state index in [0.717, 1.165) is 37.1 Å². The third kappa shape index (κ3) is 5.45. The van der Waals surface area contributed by atoms with E-state index in [0.29, 0.717) is 28.8 Å². The van der Waals surface area contributed by atoms with Gasteiger partial charge in [0.1, 0.15) is 37.7 Å². The molecule has 12 heteroatoms. The van der Waals surface area contributed by atoms with Gasteiger partial charge in [0.15, 0.2) is 5.13 Å². The zero-order chi connectivity index (χ0) is 26.0. The van der Waals surface area contributed by atoms with Crippen LogP contribution in [-0.4, -0.2) is 65.2 Å². The summed E-state index contributed by atoms with van der Waals surface area (Å²) < 4.78 is 20.4. The van der Waals surface area contributed by atoms with Crippen LogP contribution in [0.15, 0.2) is 66.7 Å². The monoisotopic (exact) mass is 572 g/mol. The number of piperazine rings is 1. The Labute approximate surface area is 234 Å². The van der Waals surface area contributed by atoms with Gasteiger partial charge in [-0.3, -0.25) is 0 Å². The molecule has 0 N–H and O–H groups in total. The third-order valence-electron chi connectivity index (χ3n) is 6.64. The van der Waals surface area contributed by atoms with Crippen molar-refractivity contribution in [3.8, 4) is 5.75 Å². The number of rotatable bonds is 8. The Morgan fingerprint density at radius 1 is 1.05 bits per heavy atom. The molecule has 2 atom stereocenters. The van der Waals surface area contributed by atoms with E-state index in [1.165, 1.54) is 12.0 Å². The van der Waals surface area contributed by atoms with Crippen LogP contribution in [0.25, 0.3) is 0 Å². The van der Waals surface area contributed by atoms with Crippen molar-refractivity contribution in [2.75, 3.05) is 49.2 Å². The first kappa shape index (κ1) is 25.4. The summed E-state index contributed by atoms with van der Waals surface area (Å²) in [4.78, 5) is 13.2. The normalized spacial score (nSPS) is 21.7. The molecule has 2 unspecified atom stereocenters. The summed E-state index contributed by atoms with van der Waals surface area (Å²) in [5.41, 5.74) is 1.86. The van der Waals surface area contributed by atoms with Crippen LogP contribution in [0.1, 0.15) is 5.56 Å². The van der Waals surface area contributed by atoms with E-state index in [9.17, 15) is 0 Å². The van der Waals surface area contributed by atoms with E-state index >= 15 is 0 Å². The largest absolute Gasteiger partial charge is 0.491 e. The van der Waals surface area contributed by atoms with Gasteiger partial charge >= 0.3 is 0 Å². The quantitative estimate of drug-likeness (QED) is 0.300. The van der Waals surface area contributed by atoms with Crippen molar-refractivity contribution >= 4 is 45.4 Å². The maximum absolute atomic E-state index is 6.54. The summed E-state index contributed by atoms with van der Waals surface area (Å²) in [5.74, 6) is -0.356. The number of halogens is 2. The Morgan fingerprint density at radius 3 is 2.58 bits per heavy atom. The molecule has 0 aliphatic carbocycles. The molecule has 0 saturated carbocycles. The van der Waals surface area contributed by atoms with Crippen LogP contribution in [0.4, 0.5) is 10.8 Å². The van der Waals surface area contributed by atoms with Gasteiger partial charge in [0.25, 0.3) is 0 Å². The van der Waals surface area contributed by atoms with Crippen molar-refractivity contribution in [2.24, 2.45) is 0 Å². The first-order chi connectivity index (χ1) is 18.6. The molecule has 9 nitrogen and oxygen atoms in total. The van der Waals surface area contributed by atoms with Crippen molar-refractivity contribution in [2.45, 2.75) is 18.4 Å². The number of ether oxygens (including phenoxy) is 3. The molecular weight excluding hydrogens is 547 g/mol. The summed E-state index contributed by atoms with van der Waals surface area (Å²) in [5, 5.41) is 8.33. The molecule has 6 rings (SSSR count). The van der Waals surface area contributed by atoms with Crippen LogP contribution in [0.2, 0.25) is 10.0 Å². The highest BCUT2D eigenvalue weighted by molar-refractivity contribution is 7.13. The molecule has 0 amide bonds. The summed E-state index contributed by atoms with van der Waals surface area (Å²) in [6, 6.07) is 13.5. The van der Waals surface area contributed by atoms with E-state index in [4.69, 9.17) is 37.4 Å². The Morgan fingerprint density at radius 2 is 1.87 bits per heavy atom. The Bertz CT molecular complexity index is 1330. The molecule has 4 heterocycles. The number of aromatic nitrogens is 4. The lowest BCUT2D eigenvalue weighted by molar-refractivity contribution is -0.190. The highest BCUT2D eigenvalue weighted by Crippen LogP contribution is 2.40. The van der Waals surface area contributed by atoms with E-state index in [1.54, 1.807) is 34.5 Å². The second kappa shape index (κ2) is 11.1. The zero-order valence-corrected chi connectivity index (χ0v) is 22.8. The molecule has 0 bridgehead atoms. The molecule has 2 aromatic heterocycles. The molecular formula is C26H26Cl2N6O3S. The highest BCUT2D eigenvalue weighted by Gasteiger charge is 2.45. The predicted octanol–water partition coefficient (Wildman–Crippen LogP) is 4.72. The molecule has 38 heavy (non-hydrogen) atoms. The zero-order valence-electron chi connectivity index (χ0n) is 20.5. The number of nitrogens with zero attached hydrogens (tertiary/aromatic N) is 6. The maximum atomic E-state index is 6.54. The molecule has 2 aliphatic heterocycles. The van der Waals surface area contributed by atoms with Crippen molar-refractivity contribution < 1.29 is 14.2 Å². The fourth-order valence-corrected chi connectivity index (χ4v) is 6.00. The molecule has 0 spiro atoms. The van der Waals surface area contributed by atoms with Gasteiger partial charge in [-0.2, -0.15) is 5.10 Å². The number of benzene rings is 2. The molecule has 2 aliphatic rings. The van der Waals surface area contributed by atoms with Crippen molar-refractivity contribution in [1.29, 1.82) is 0 Å². The van der Waals surface area contributed by atoms with Crippen molar-refractivity contribution in [3.05, 3.63) is 82.3 Å². The van der Waals surface area contributed by atoms with Crippen molar-refractivity contribution in [3.63, 3.8) is 0 Å². The average molecular weight is 574 g/mol. The van der Waals surface area contributed by atoms with Gasteiger partial charge in [0, 0.05) is 54.0 Å². The van der Waals surface area contributed by atoms with E-state index in [2.05, 4.69) is 37.0 Å². The number of thiazole rings is 1. The lowest BCUT2D eigenvalue weighted by Crippen LogP contribution is -2.46. The van der Waals surface area contributed by atoms with Crippen LogP contribution >= 0.6 is 34.5 Å². The first-order valence-corrected chi connectivity index (χ1v) is 13.9. The van der Waals surface area contributed by atoms with E-state index in [-0.39, 0.29) is 12.6 Å². The Hall–Kier alpha value is -2.89. The second-order valence-corrected chi connectivity index (χ2v) is 10.8. The smallest absolute Gasteiger partial charge is 0.217 e. The van der Waals surface area contributed by atoms with Crippen LogP contribution in [0, 0.1) is 0 Å². The van der Waals surface area contributed by atoms with Gasteiger partial charge in [-0.05, 0) is 36.4 Å². The van der Waals surface area contributed by atoms with Gasteiger partial charge in [-0.1, -0.05) is 29.3 Å². The van der Waals surface area contributed by atoms with Gasteiger partial charge in [-0.15, -0.1) is 11.3 Å². The standard InChI is InChI=1S/C26H26Cl2N6O3S/c27-19-1-6-23(24(28)13-19)26(16-34-18-29-17-31-34)36-15-22(37-26)14-35-21-4-2-20(3-5-21)32-8-10-33(11-9-32)25-30-7-12-38-25/h1-7,12-13,17-18,22H,8-11,14-16H2. The van der Waals surface area contributed by atoms with Gasteiger partial charge in [0.05, 0.1) is 11.6 Å². The average Bonchev–Trinajstić information content (AvgIpc) is 3.72. The summed E-state index contributed by atoms with van der Waals surface area (Å²) >= 11 is 14.4. The van der Waals surface area contributed by atoms with Gasteiger partial charge < -0.3 is 24.0 Å². The minimum Gasteiger partial charge on any atom is -0.491 e. The number of hydrogen-bond acceptors (Lipinski definition) is 9.